The average Bonchev–Trinajstić information content (AvgIpc) is 2.85. The molecule has 1 aromatic rings. The average molecular weight is 513 g/mol. The molecule has 2 heterocycles. The highest BCUT2D eigenvalue weighted by molar-refractivity contribution is 5.89. The molecule has 0 aromatic heterocycles. The fraction of sp³-hybridized carbons (Fsp3) is 0.679. The summed E-state index contributed by atoms with van der Waals surface area (Å²) in [5, 5.41) is 3.68. The molecule has 1 aromatic carbocycles. The van der Waals surface area contributed by atoms with Gasteiger partial charge in [0.2, 0.25) is 5.91 Å². The fourth-order valence-corrected chi connectivity index (χ4v) is 6.02. The zero-order valence-electron chi connectivity index (χ0n) is 22.8. The van der Waals surface area contributed by atoms with Crippen LogP contribution in [0, 0.1) is 11.8 Å². The number of carbonyl (C=O) groups is 2. The van der Waals surface area contributed by atoms with Crippen LogP contribution in [0.25, 0.3) is 0 Å². The molecular formula is C28H44N6O3. The Labute approximate surface area is 221 Å². The third kappa shape index (κ3) is 6.37. The molecule has 0 bridgehead atoms. The smallest absolute Gasteiger partial charge is 0.260 e. The quantitative estimate of drug-likeness (QED) is 0.467. The van der Waals surface area contributed by atoms with E-state index in [4.69, 9.17) is 16.2 Å². The zero-order chi connectivity index (χ0) is 26.7. The van der Waals surface area contributed by atoms with Crippen molar-refractivity contribution in [1.82, 2.24) is 15.1 Å². The molecule has 1 aliphatic carbocycles. The molecule has 2 aliphatic heterocycles. The molecule has 2 fully saturated rings. The molecule has 4 rings (SSSR count). The van der Waals surface area contributed by atoms with Crippen molar-refractivity contribution in [3.8, 4) is 5.75 Å². The molecule has 1 saturated heterocycles. The summed E-state index contributed by atoms with van der Waals surface area (Å²) in [7, 11) is 0. The maximum Gasteiger partial charge on any atom is 0.260 e. The Morgan fingerprint density at radius 2 is 1.92 bits per heavy atom. The lowest BCUT2D eigenvalue weighted by atomic mass is 9.77. The Hall–Kier alpha value is -2.81. The van der Waals surface area contributed by atoms with Gasteiger partial charge in [-0.15, -0.1) is 0 Å². The summed E-state index contributed by atoms with van der Waals surface area (Å²) in [5.41, 5.74) is 13.6. The maximum absolute atomic E-state index is 13.2. The Morgan fingerprint density at radius 1 is 1.16 bits per heavy atom. The van der Waals surface area contributed by atoms with Crippen LogP contribution in [0.1, 0.15) is 71.8 Å². The number of primary amides is 1. The molecule has 204 valence electrons. The number of hydrogen-bond acceptors (Lipinski definition) is 7. The van der Waals surface area contributed by atoms with Gasteiger partial charge in [-0.05, 0) is 63.5 Å². The van der Waals surface area contributed by atoms with Crippen molar-refractivity contribution in [3.63, 3.8) is 0 Å². The van der Waals surface area contributed by atoms with Crippen molar-refractivity contribution in [2.24, 2.45) is 28.3 Å². The van der Waals surface area contributed by atoms with Gasteiger partial charge in [-0.3, -0.25) is 9.59 Å². The van der Waals surface area contributed by atoms with E-state index < -0.39 is 12.0 Å². The van der Waals surface area contributed by atoms with Gasteiger partial charge in [0.1, 0.15) is 12.3 Å². The number of fused-ring (bicyclic) bond motifs is 2. The predicted molar refractivity (Wildman–Crippen MR) is 145 cm³/mol. The standard InChI is InChI=1S/C28H44N6O3/c1-17(2)14-34(18(3)4)25(35)16-33-15-20-22(32-28(33)30)10-7-11-24(20)37-26(27(29)36)23-13-12-19-8-5-6-9-21(19)31-23/h7,10-11,17-19,21,23,26,31H,5-6,8-9,12-16H2,1-4H3,(H2,29,36)(H2,30,32). The fourth-order valence-electron chi connectivity index (χ4n) is 6.02. The molecule has 3 aliphatic rings. The summed E-state index contributed by atoms with van der Waals surface area (Å²) >= 11 is 0. The van der Waals surface area contributed by atoms with Crippen molar-refractivity contribution in [2.45, 2.75) is 97.0 Å². The van der Waals surface area contributed by atoms with E-state index in [-0.39, 0.29) is 24.5 Å². The molecule has 37 heavy (non-hydrogen) atoms. The molecule has 4 atom stereocenters. The minimum Gasteiger partial charge on any atom is -0.479 e. The number of hydrogen-bond donors (Lipinski definition) is 3. The molecule has 1 saturated carbocycles. The maximum atomic E-state index is 13.2. The van der Waals surface area contributed by atoms with E-state index in [2.05, 4.69) is 24.2 Å². The number of ether oxygens (including phenoxy) is 1. The van der Waals surface area contributed by atoms with Crippen LogP contribution in [0.15, 0.2) is 23.2 Å². The summed E-state index contributed by atoms with van der Waals surface area (Å²) in [5.74, 6) is 1.43. The van der Waals surface area contributed by atoms with E-state index in [9.17, 15) is 9.59 Å². The van der Waals surface area contributed by atoms with Gasteiger partial charge in [0.05, 0.1) is 18.3 Å². The molecule has 5 N–H and O–H groups in total. The molecule has 2 amide bonds. The van der Waals surface area contributed by atoms with Crippen LogP contribution in [-0.2, 0) is 16.1 Å². The number of aliphatic imine (C=N–C) groups is 1. The van der Waals surface area contributed by atoms with Crippen molar-refractivity contribution in [2.75, 3.05) is 13.1 Å². The highest BCUT2D eigenvalue weighted by atomic mass is 16.5. The summed E-state index contributed by atoms with van der Waals surface area (Å²) in [6, 6.07) is 5.95. The number of nitrogens with one attached hydrogen (secondary N) is 1. The van der Waals surface area contributed by atoms with E-state index in [0.29, 0.717) is 48.4 Å². The number of piperidine rings is 1. The number of carbonyl (C=O) groups excluding carboxylic acids is 2. The van der Waals surface area contributed by atoms with E-state index in [1.807, 2.05) is 36.9 Å². The lowest BCUT2D eigenvalue weighted by Gasteiger charge is -2.42. The van der Waals surface area contributed by atoms with Crippen LogP contribution >= 0.6 is 0 Å². The SMILES string of the molecule is CC(C)CN(C(=O)CN1Cc2c(cccc2OC(C(N)=O)C2CCC3CCCCC3N2)N=C1N)C(C)C. The number of nitrogens with zero attached hydrogens (tertiary/aromatic N) is 3. The van der Waals surface area contributed by atoms with Gasteiger partial charge < -0.3 is 31.3 Å². The minimum atomic E-state index is -0.782. The molecule has 4 unspecified atom stereocenters. The van der Waals surface area contributed by atoms with E-state index >= 15 is 0 Å². The second kappa shape index (κ2) is 11.7. The van der Waals surface area contributed by atoms with Gasteiger partial charge in [0, 0.05) is 24.2 Å². The number of guanidine groups is 1. The number of nitrogens with two attached hydrogens (primary N) is 2. The van der Waals surface area contributed by atoms with Crippen LogP contribution in [0.5, 0.6) is 5.75 Å². The molecule has 9 heteroatoms. The first kappa shape index (κ1) is 27.2. The Bertz CT molecular complexity index is 1010. The number of amides is 2. The molecule has 0 radical (unpaired) electrons. The Morgan fingerprint density at radius 3 is 2.62 bits per heavy atom. The van der Waals surface area contributed by atoms with Crippen LogP contribution in [0.3, 0.4) is 0 Å². The summed E-state index contributed by atoms with van der Waals surface area (Å²) in [6.07, 6.45) is 6.05. The first-order valence-electron chi connectivity index (χ1n) is 13.9. The van der Waals surface area contributed by atoms with Gasteiger partial charge in [0.25, 0.3) is 5.91 Å². The van der Waals surface area contributed by atoms with Gasteiger partial charge in [-0.25, -0.2) is 4.99 Å². The second-order valence-corrected chi connectivity index (χ2v) is 11.6. The summed E-state index contributed by atoms with van der Waals surface area (Å²) in [6.45, 7) is 9.42. The largest absolute Gasteiger partial charge is 0.479 e. The normalized spacial score (nSPS) is 24.2. The first-order chi connectivity index (χ1) is 17.6. The van der Waals surface area contributed by atoms with Crippen LogP contribution in [0.4, 0.5) is 5.69 Å². The summed E-state index contributed by atoms with van der Waals surface area (Å²) in [4.78, 5) is 34.0. The van der Waals surface area contributed by atoms with E-state index in [1.165, 1.54) is 19.3 Å². The number of benzene rings is 1. The van der Waals surface area contributed by atoms with Crippen LogP contribution in [0.2, 0.25) is 0 Å². The molecular weight excluding hydrogens is 468 g/mol. The van der Waals surface area contributed by atoms with Gasteiger partial charge in [0.15, 0.2) is 12.1 Å². The highest BCUT2D eigenvalue weighted by Gasteiger charge is 2.38. The van der Waals surface area contributed by atoms with Crippen molar-refractivity contribution < 1.29 is 14.3 Å². The molecule has 0 spiro atoms. The van der Waals surface area contributed by atoms with E-state index in [1.54, 1.807) is 4.90 Å². The Balaban J connectivity index is 1.51. The van der Waals surface area contributed by atoms with Gasteiger partial charge >= 0.3 is 0 Å². The lowest BCUT2D eigenvalue weighted by molar-refractivity contribution is -0.134. The minimum absolute atomic E-state index is 0.00662. The van der Waals surface area contributed by atoms with Crippen molar-refractivity contribution in [3.05, 3.63) is 23.8 Å². The third-order valence-electron chi connectivity index (χ3n) is 7.93. The zero-order valence-corrected chi connectivity index (χ0v) is 22.8. The van der Waals surface area contributed by atoms with Crippen molar-refractivity contribution in [1.29, 1.82) is 0 Å². The van der Waals surface area contributed by atoms with Crippen LogP contribution < -0.4 is 21.5 Å². The molecule has 9 nitrogen and oxygen atoms in total. The Kier molecular flexibility index (Phi) is 8.62. The predicted octanol–water partition coefficient (Wildman–Crippen LogP) is 2.88. The summed E-state index contributed by atoms with van der Waals surface area (Å²) < 4.78 is 6.35. The van der Waals surface area contributed by atoms with E-state index in [0.717, 1.165) is 24.8 Å². The topological polar surface area (TPSA) is 126 Å². The monoisotopic (exact) mass is 512 g/mol. The lowest BCUT2D eigenvalue weighted by Crippen LogP contribution is -2.58. The first-order valence-corrected chi connectivity index (χ1v) is 13.9. The van der Waals surface area contributed by atoms with Crippen molar-refractivity contribution >= 4 is 23.5 Å². The van der Waals surface area contributed by atoms with Gasteiger partial charge in [-0.2, -0.15) is 0 Å². The van der Waals surface area contributed by atoms with Gasteiger partial charge in [-0.1, -0.05) is 32.8 Å². The number of rotatable bonds is 9. The highest BCUT2D eigenvalue weighted by Crippen LogP contribution is 2.36. The third-order valence-corrected chi connectivity index (χ3v) is 7.93. The van der Waals surface area contributed by atoms with Crippen LogP contribution in [-0.4, -0.2) is 64.9 Å². The second-order valence-electron chi connectivity index (χ2n) is 11.6.